The number of pyridine rings is 1. The summed E-state index contributed by atoms with van der Waals surface area (Å²) in [7, 11) is -1.97. The van der Waals surface area contributed by atoms with Crippen molar-refractivity contribution in [3.63, 3.8) is 0 Å². The molecule has 0 saturated heterocycles. The zero-order valence-electron chi connectivity index (χ0n) is 10.5. The van der Waals surface area contributed by atoms with Gasteiger partial charge in [-0.3, -0.25) is 9.29 Å². The van der Waals surface area contributed by atoms with Crippen molar-refractivity contribution in [2.75, 3.05) is 17.1 Å². The van der Waals surface area contributed by atoms with Gasteiger partial charge in [0.1, 0.15) is 0 Å². The lowest BCUT2D eigenvalue weighted by molar-refractivity contribution is 0.593. The minimum atomic E-state index is -3.48. The molecule has 1 aromatic heterocycles. The third-order valence-electron chi connectivity index (χ3n) is 2.82. The van der Waals surface area contributed by atoms with Crippen molar-refractivity contribution in [2.45, 2.75) is 5.75 Å². The molecule has 1 aromatic carbocycles. The van der Waals surface area contributed by atoms with Crippen LogP contribution in [0.5, 0.6) is 0 Å². The van der Waals surface area contributed by atoms with Crippen LogP contribution in [0, 0.1) is 0 Å². The molecule has 0 fully saturated rings. The summed E-state index contributed by atoms with van der Waals surface area (Å²) in [4.78, 5) is 3.91. The summed E-state index contributed by atoms with van der Waals surface area (Å²) in [6, 6.07) is 10.3. The van der Waals surface area contributed by atoms with Gasteiger partial charge >= 0.3 is 0 Å². The predicted molar refractivity (Wildman–Crippen MR) is 76.1 cm³/mol. The number of benzene rings is 1. The SMILES string of the molecule is CN(c1cccnc1)S(=O)(=O)Cc1ccccc1N. The lowest BCUT2D eigenvalue weighted by Crippen LogP contribution is -2.28. The summed E-state index contributed by atoms with van der Waals surface area (Å²) in [5.41, 5.74) is 7.37. The highest BCUT2D eigenvalue weighted by Gasteiger charge is 2.20. The standard InChI is InChI=1S/C13H15N3O2S/c1-16(12-6-4-8-15-9-12)19(17,18)10-11-5-2-3-7-13(11)14/h2-9H,10,14H2,1H3. The molecule has 2 aromatic rings. The van der Waals surface area contributed by atoms with E-state index in [4.69, 9.17) is 5.73 Å². The first-order valence-corrected chi connectivity index (χ1v) is 7.31. The van der Waals surface area contributed by atoms with E-state index < -0.39 is 10.0 Å². The molecule has 19 heavy (non-hydrogen) atoms. The fourth-order valence-corrected chi connectivity index (χ4v) is 2.94. The smallest absolute Gasteiger partial charge is 0.239 e. The average molecular weight is 277 g/mol. The number of para-hydroxylation sites is 1. The second-order valence-electron chi connectivity index (χ2n) is 4.13. The summed E-state index contributed by atoms with van der Waals surface area (Å²) >= 11 is 0. The molecule has 6 heteroatoms. The maximum absolute atomic E-state index is 12.3. The quantitative estimate of drug-likeness (QED) is 0.862. The second kappa shape index (κ2) is 5.27. The Morgan fingerprint density at radius 1 is 1.21 bits per heavy atom. The molecule has 0 spiro atoms. The molecule has 0 radical (unpaired) electrons. The molecule has 0 unspecified atom stereocenters. The number of nitrogens with zero attached hydrogens (tertiary/aromatic N) is 2. The van der Waals surface area contributed by atoms with Crippen LogP contribution in [0.3, 0.4) is 0 Å². The monoisotopic (exact) mass is 277 g/mol. The summed E-state index contributed by atoms with van der Waals surface area (Å²) in [6.45, 7) is 0. The second-order valence-corrected chi connectivity index (χ2v) is 6.13. The van der Waals surface area contributed by atoms with Crippen molar-refractivity contribution in [1.29, 1.82) is 0 Å². The highest BCUT2D eigenvalue weighted by molar-refractivity contribution is 7.92. The molecule has 5 nitrogen and oxygen atoms in total. The Balaban J connectivity index is 2.27. The molecule has 2 N–H and O–H groups in total. The van der Waals surface area contributed by atoms with Crippen LogP contribution in [0.15, 0.2) is 48.8 Å². The summed E-state index contributed by atoms with van der Waals surface area (Å²) in [5, 5.41) is 0. The topological polar surface area (TPSA) is 76.3 Å². The molecule has 0 bridgehead atoms. The summed E-state index contributed by atoms with van der Waals surface area (Å²) in [6.07, 6.45) is 3.10. The molecule has 2 rings (SSSR count). The van der Waals surface area contributed by atoms with Gasteiger partial charge in [0, 0.05) is 18.9 Å². The van der Waals surface area contributed by atoms with E-state index >= 15 is 0 Å². The number of aromatic nitrogens is 1. The fraction of sp³-hybridized carbons (Fsp3) is 0.154. The van der Waals surface area contributed by atoms with E-state index in [9.17, 15) is 8.42 Å². The Labute approximate surface area is 112 Å². The summed E-state index contributed by atoms with van der Waals surface area (Å²) in [5.74, 6) is -0.134. The molecular weight excluding hydrogens is 262 g/mol. The molecule has 0 aliphatic carbocycles. The van der Waals surface area contributed by atoms with E-state index in [1.165, 1.54) is 17.5 Å². The van der Waals surface area contributed by atoms with Crippen molar-refractivity contribution < 1.29 is 8.42 Å². The Morgan fingerprint density at radius 3 is 2.58 bits per heavy atom. The van der Waals surface area contributed by atoms with Crippen LogP contribution in [0.4, 0.5) is 11.4 Å². The molecule has 0 aliphatic rings. The van der Waals surface area contributed by atoms with Crippen LogP contribution in [0.1, 0.15) is 5.56 Å². The van der Waals surface area contributed by atoms with Crippen LogP contribution in [0.25, 0.3) is 0 Å². The molecule has 1 heterocycles. The number of anilines is 2. The predicted octanol–water partition coefficient (Wildman–Crippen LogP) is 1.63. The van der Waals surface area contributed by atoms with Gasteiger partial charge in [0.2, 0.25) is 10.0 Å². The van der Waals surface area contributed by atoms with Gasteiger partial charge in [-0.25, -0.2) is 8.42 Å². The molecule has 100 valence electrons. The van der Waals surface area contributed by atoms with Gasteiger partial charge in [0.25, 0.3) is 0 Å². The van der Waals surface area contributed by atoms with Crippen molar-refractivity contribution >= 4 is 21.4 Å². The van der Waals surface area contributed by atoms with Gasteiger partial charge in [0.15, 0.2) is 0 Å². The first-order chi connectivity index (χ1) is 9.00. The Kier molecular flexibility index (Phi) is 3.71. The normalized spacial score (nSPS) is 11.2. The third-order valence-corrected chi connectivity index (χ3v) is 4.54. The Hall–Kier alpha value is -2.08. The van der Waals surface area contributed by atoms with Gasteiger partial charge in [-0.2, -0.15) is 0 Å². The first kappa shape index (κ1) is 13.4. The van der Waals surface area contributed by atoms with E-state index in [1.54, 1.807) is 42.6 Å². The highest BCUT2D eigenvalue weighted by atomic mass is 32.2. The van der Waals surface area contributed by atoms with E-state index in [0.717, 1.165) is 0 Å². The minimum Gasteiger partial charge on any atom is -0.398 e. The number of nitrogens with two attached hydrogens (primary N) is 1. The molecular formula is C13H15N3O2S. The van der Waals surface area contributed by atoms with Crippen molar-refractivity contribution in [3.8, 4) is 0 Å². The van der Waals surface area contributed by atoms with Gasteiger partial charge in [0.05, 0.1) is 17.6 Å². The first-order valence-electron chi connectivity index (χ1n) is 5.71. The maximum Gasteiger partial charge on any atom is 0.239 e. The van der Waals surface area contributed by atoms with E-state index in [-0.39, 0.29) is 5.75 Å². The average Bonchev–Trinajstić information content (AvgIpc) is 2.41. The zero-order chi connectivity index (χ0) is 13.9. The largest absolute Gasteiger partial charge is 0.398 e. The lowest BCUT2D eigenvalue weighted by Gasteiger charge is -2.19. The van der Waals surface area contributed by atoms with Gasteiger partial charge in [-0.05, 0) is 23.8 Å². The Morgan fingerprint density at radius 2 is 1.95 bits per heavy atom. The lowest BCUT2D eigenvalue weighted by atomic mass is 10.2. The summed E-state index contributed by atoms with van der Waals surface area (Å²) < 4.78 is 25.8. The number of rotatable bonds is 4. The fourth-order valence-electron chi connectivity index (χ4n) is 1.66. The van der Waals surface area contributed by atoms with Crippen LogP contribution < -0.4 is 10.0 Å². The minimum absolute atomic E-state index is 0.134. The Bertz CT molecular complexity index is 657. The van der Waals surface area contributed by atoms with E-state index in [1.807, 2.05) is 0 Å². The number of hydrogen-bond donors (Lipinski definition) is 1. The van der Waals surface area contributed by atoms with Gasteiger partial charge in [-0.1, -0.05) is 18.2 Å². The van der Waals surface area contributed by atoms with Crippen molar-refractivity contribution in [3.05, 3.63) is 54.4 Å². The third kappa shape index (κ3) is 3.03. The number of sulfonamides is 1. The van der Waals surface area contributed by atoms with Crippen molar-refractivity contribution in [2.24, 2.45) is 0 Å². The number of nitrogen functional groups attached to an aromatic ring is 1. The van der Waals surface area contributed by atoms with Gasteiger partial charge in [-0.15, -0.1) is 0 Å². The zero-order valence-corrected chi connectivity index (χ0v) is 11.3. The van der Waals surface area contributed by atoms with Crippen LogP contribution in [0.2, 0.25) is 0 Å². The molecule has 0 aliphatic heterocycles. The van der Waals surface area contributed by atoms with Crippen molar-refractivity contribution in [1.82, 2.24) is 4.98 Å². The van der Waals surface area contributed by atoms with Crippen LogP contribution in [-0.2, 0) is 15.8 Å². The van der Waals surface area contributed by atoms with E-state index in [0.29, 0.717) is 16.9 Å². The molecule has 0 amide bonds. The molecule has 0 saturated carbocycles. The van der Waals surface area contributed by atoms with Crippen LogP contribution in [-0.4, -0.2) is 20.4 Å². The highest BCUT2D eigenvalue weighted by Crippen LogP contribution is 2.20. The van der Waals surface area contributed by atoms with Crippen LogP contribution >= 0.6 is 0 Å². The van der Waals surface area contributed by atoms with E-state index in [2.05, 4.69) is 4.98 Å². The van der Waals surface area contributed by atoms with Gasteiger partial charge < -0.3 is 5.73 Å². The number of hydrogen-bond acceptors (Lipinski definition) is 4. The maximum atomic E-state index is 12.3. The molecule has 0 atom stereocenters.